The summed E-state index contributed by atoms with van der Waals surface area (Å²) in [6.07, 6.45) is 0. The number of anilines is 1. The van der Waals surface area contributed by atoms with Gasteiger partial charge in [-0.1, -0.05) is 47.5 Å². The second-order valence-corrected chi connectivity index (χ2v) is 4.02. The second-order valence-electron chi connectivity index (χ2n) is 3.61. The van der Waals surface area contributed by atoms with Crippen molar-refractivity contribution in [3.8, 4) is 11.1 Å². The molecule has 2 rings (SSSR count). The van der Waals surface area contributed by atoms with Crippen molar-refractivity contribution in [1.29, 1.82) is 0 Å². The Balaban J connectivity index is 2.54. The summed E-state index contributed by atoms with van der Waals surface area (Å²) in [4.78, 5) is 0. The first-order valence-corrected chi connectivity index (χ1v) is 5.17. The zero-order valence-electron chi connectivity index (χ0n) is 8.50. The zero-order valence-corrected chi connectivity index (χ0v) is 9.25. The first kappa shape index (κ1) is 10.1. The molecule has 2 aromatic carbocycles. The highest BCUT2D eigenvalue weighted by Crippen LogP contribution is 2.29. The van der Waals surface area contributed by atoms with Crippen LogP contribution in [0.4, 0.5) is 5.69 Å². The van der Waals surface area contributed by atoms with E-state index in [2.05, 4.69) is 19.1 Å². The molecule has 0 saturated heterocycles. The molecule has 0 bridgehead atoms. The van der Waals surface area contributed by atoms with Gasteiger partial charge in [0.25, 0.3) is 0 Å². The Morgan fingerprint density at radius 2 is 1.87 bits per heavy atom. The van der Waals surface area contributed by atoms with Gasteiger partial charge in [0, 0.05) is 11.3 Å². The molecule has 0 aliphatic heterocycles. The third-order valence-electron chi connectivity index (χ3n) is 2.32. The number of nitrogens with two attached hydrogens (primary N) is 1. The van der Waals surface area contributed by atoms with Crippen LogP contribution in [0.2, 0.25) is 5.02 Å². The SMILES string of the molecule is Cc1cccc(-c2ccc(N)cc2Cl)c1. The van der Waals surface area contributed by atoms with Crippen LogP contribution in [0.5, 0.6) is 0 Å². The maximum absolute atomic E-state index is 6.14. The summed E-state index contributed by atoms with van der Waals surface area (Å²) in [6, 6.07) is 13.8. The van der Waals surface area contributed by atoms with Gasteiger partial charge in [0.2, 0.25) is 0 Å². The molecule has 0 aliphatic carbocycles. The van der Waals surface area contributed by atoms with Crippen molar-refractivity contribution < 1.29 is 0 Å². The van der Waals surface area contributed by atoms with Crippen molar-refractivity contribution in [2.45, 2.75) is 6.92 Å². The molecule has 0 saturated carbocycles. The van der Waals surface area contributed by atoms with Crippen LogP contribution in [0.15, 0.2) is 42.5 Å². The quantitative estimate of drug-likeness (QED) is 0.721. The summed E-state index contributed by atoms with van der Waals surface area (Å²) >= 11 is 6.14. The molecular weight excluding hydrogens is 206 g/mol. The Labute approximate surface area is 94.5 Å². The van der Waals surface area contributed by atoms with Crippen LogP contribution >= 0.6 is 11.6 Å². The van der Waals surface area contributed by atoms with Crippen LogP contribution in [-0.2, 0) is 0 Å². The number of hydrogen-bond donors (Lipinski definition) is 1. The van der Waals surface area contributed by atoms with E-state index < -0.39 is 0 Å². The first-order valence-electron chi connectivity index (χ1n) is 4.79. The Kier molecular flexibility index (Phi) is 2.65. The number of hydrogen-bond acceptors (Lipinski definition) is 1. The number of benzene rings is 2. The molecule has 0 heterocycles. The van der Waals surface area contributed by atoms with Gasteiger partial charge in [-0.25, -0.2) is 0 Å². The first-order chi connectivity index (χ1) is 7.16. The third-order valence-corrected chi connectivity index (χ3v) is 2.63. The Hall–Kier alpha value is -1.47. The van der Waals surface area contributed by atoms with Crippen molar-refractivity contribution in [3.63, 3.8) is 0 Å². The molecule has 2 heteroatoms. The normalized spacial score (nSPS) is 10.3. The lowest BCUT2D eigenvalue weighted by Gasteiger charge is -2.06. The van der Waals surface area contributed by atoms with Crippen molar-refractivity contribution >= 4 is 17.3 Å². The third kappa shape index (κ3) is 2.13. The molecule has 0 spiro atoms. The van der Waals surface area contributed by atoms with E-state index in [1.165, 1.54) is 5.56 Å². The van der Waals surface area contributed by atoms with Crippen LogP contribution in [-0.4, -0.2) is 0 Å². The van der Waals surface area contributed by atoms with Crippen LogP contribution in [0, 0.1) is 6.92 Å². The van der Waals surface area contributed by atoms with E-state index in [0.29, 0.717) is 10.7 Å². The molecule has 0 unspecified atom stereocenters. The largest absolute Gasteiger partial charge is 0.399 e. The summed E-state index contributed by atoms with van der Waals surface area (Å²) in [7, 11) is 0. The monoisotopic (exact) mass is 217 g/mol. The van der Waals surface area contributed by atoms with Gasteiger partial charge in [0.05, 0.1) is 5.02 Å². The smallest absolute Gasteiger partial charge is 0.0504 e. The topological polar surface area (TPSA) is 26.0 Å². The predicted molar refractivity (Wildman–Crippen MR) is 66.0 cm³/mol. The van der Waals surface area contributed by atoms with E-state index in [9.17, 15) is 0 Å². The van der Waals surface area contributed by atoms with Gasteiger partial charge < -0.3 is 5.73 Å². The molecule has 2 aromatic rings. The molecule has 2 N–H and O–H groups in total. The maximum atomic E-state index is 6.14. The Morgan fingerprint density at radius 1 is 1.07 bits per heavy atom. The molecule has 0 amide bonds. The van der Waals surface area contributed by atoms with Crippen molar-refractivity contribution in [2.75, 3.05) is 5.73 Å². The zero-order chi connectivity index (χ0) is 10.8. The fraction of sp³-hybridized carbons (Fsp3) is 0.0769. The van der Waals surface area contributed by atoms with Crippen LogP contribution in [0.1, 0.15) is 5.56 Å². The van der Waals surface area contributed by atoms with Gasteiger partial charge >= 0.3 is 0 Å². The Bertz CT molecular complexity index is 492. The van der Waals surface area contributed by atoms with Crippen LogP contribution in [0.3, 0.4) is 0 Å². The van der Waals surface area contributed by atoms with E-state index >= 15 is 0 Å². The lowest BCUT2D eigenvalue weighted by atomic mass is 10.0. The maximum Gasteiger partial charge on any atom is 0.0504 e. The molecular formula is C13H12ClN. The predicted octanol–water partition coefficient (Wildman–Crippen LogP) is 3.90. The molecule has 0 atom stereocenters. The van der Waals surface area contributed by atoms with Crippen molar-refractivity contribution in [1.82, 2.24) is 0 Å². The number of rotatable bonds is 1. The lowest BCUT2D eigenvalue weighted by molar-refractivity contribution is 1.47. The molecule has 15 heavy (non-hydrogen) atoms. The van der Waals surface area contributed by atoms with Crippen molar-refractivity contribution in [3.05, 3.63) is 53.1 Å². The number of aryl methyl sites for hydroxylation is 1. The fourth-order valence-electron chi connectivity index (χ4n) is 1.58. The van der Waals surface area contributed by atoms with Gasteiger partial charge in [-0.15, -0.1) is 0 Å². The summed E-state index contributed by atoms with van der Waals surface area (Å²) in [5, 5.41) is 0.695. The second kappa shape index (κ2) is 3.95. The molecule has 1 nitrogen and oxygen atoms in total. The highest BCUT2D eigenvalue weighted by atomic mass is 35.5. The van der Waals surface area contributed by atoms with E-state index in [1.807, 2.05) is 24.3 Å². The Morgan fingerprint density at radius 3 is 2.53 bits per heavy atom. The van der Waals surface area contributed by atoms with E-state index in [-0.39, 0.29) is 0 Å². The minimum absolute atomic E-state index is 0.691. The standard InChI is InChI=1S/C13H12ClN/c1-9-3-2-4-10(7-9)12-6-5-11(15)8-13(12)14/h2-8H,15H2,1H3. The average molecular weight is 218 g/mol. The van der Waals surface area contributed by atoms with Gasteiger partial charge in [0.15, 0.2) is 0 Å². The molecule has 0 radical (unpaired) electrons. The fourth-order valence-corrected chi connectivity index (χ4v) is 1.88. The average Bonchev–Trinajstić information content (AvgIpc) is 2.17. The highest BCUT2D eigenvalue weighted by molar-refractivity contribution is 6.33. The summed E-state index contributed by atoms with van der Waals surface area (Å²) in [5.41, 5.74) is 9.71. The van der Waals surface area contributed by atoms with Gasteiger partial charge in [-0.05, 0) is 24.6 Å². The van der Waals surface area contributed by atoms with E-state index in [1.54, 1.807) is 6.07 Å². The molecule has 0 aliphatic rings. The number of halogens is 1. The summed E-state index contributed by atoms with van der Waals surface area (Å²) in [5.74, 6) is 0. The lowest BCUT2D eigenvalue weighted by Crippen LogP contribution is -1.86. The van der Waals surface area contributed by atoms with Gasteiger partial charge in [-0.3, -0.25) is 0 Å². The highest BCUT2D eigenvalue weighted by Gasteiger charge is 2.03. The van der Waals surface area contributed by atoms with Gasteiger partial charge in [0.1, 0.15) is 0 Å². The molecule has 0 aromatic heterocycles. The van der Waals surface area contributed by atoms with Crippen LogP contribution < -0.4 is 5.73 Å². The van der Waals surface area contributed by atoms with Crippen LogP contribution in [0.25, 0.3) is 11.1 Å². The minimum Gasteiger partial charge on any atom is -0.399 e. The minimum atomic E-state index is 0.691. The molecule has 76 valence electrons. The van der Waals surface area contributed by atoms with E-state index in [4.69, 9.17) is 17.3 Å². The van der Waals surface area contributed by atoms with Crippen molar-refractivity contribution in [2.24, 2.45) is 0 Å². The van der Waals surface area contributed by atoms with Gasteiger partial charge in [-0.2, -0.15) is 0 Å². The summed E-state index contributed by atoms with van der Waals surface area (Å²) < 4.78 is 0. The van der Waals surface area contributed by atoms with E-state index in [0.717, 1.165) is 11.1 Å². The number of nitrogen functional groups attached to an aromatic ring is 1. The summed E-state index contributed by atoms with van der Waals surface area (Å²) in [6.45, 7) is 2.06. The molecule has 0 fully saturated rings.